The van der Waals surface area contributed by atoms with Gasteiger partial charge in [0, 0.05) is 23.3 Å². The molecule has 0 unspecified atom stereocenters. The fourth-order valence-corrected chi connectivity index (χ4v) is 2.88. The molecule has 0 aromatic heterocycles. The van der Waals surface area contributed by atoms with Crippen LogP contribution in [0.4, 0.5) is 10.1 Å². The summed E-state index contributed by atoms with van der Waals surface area (Å²) in [6, 6.07) is 11.4. The molecule has 1 amide bonds. The maximum atomic E-state index is 13.2. The van der Waals surface area contributed by atoms with Crippen molar-refractivity contribution in [1.29, 1.82) is 0 Å². The molecule has 2 aromatic carbocycles. The topological polar surface area (TPSA) is 89.3 Å². The zero-order chi connectivity index (χ0) is 16.8. The van der Waals surface area contributed by atoms with Gasteiger partial charge in [-0.2, -0.15) is 0 Å². The van der Waals surface area contributed by atoms with Crippen molar-refractivity contribution in [3.8, 4) is 0 Å². The first kappa shape index (κ1) is 16.8. The van der Waals surface area contributed by atoms with Crippen LogP contribution in [0.2, 0.25) is 0 Å². The quantitative estimate of drug-likeness (QED) is 0.647. The van der Waals surface area contributed by atoms with Gasteiger partial charge >= 0.3 is 0 Å². The minimum absolute atomic E-state index is 0.0496. The van der Waals surface area contributed by atoms with Crippen molar-refractivity contribution in [2.75, 3.05) is 12.3 Å². The van der Waals surface area contributed by atoms with Crippen molar-refractivity contribution >= 4 is 22.4 Å². The SMILES string of the molecule is O=C(NCC[S@](=O)c1ccccc1)c1cc(F)ccc1[N+](=O)[O-]. The molecule has 0 spiro atoms. The van der Waals surface area contributed by atoms with Gasteiger partial charge in [-0.25, -0.2) is 4.39 Å². The number of nitrogens with one attached hydrogen (secondary N) is 1. The minimum atomic E-state index is -1.30. The number of benzene rings is 2. The molecule has 0 heterocycles. The lowest BCUT2D eigenvalue weighted by atomic mass is 10.1. The number of carbonyl (C=O) groups excluding carboxylic acids is 1. The number of nitro groups is 1. The van der Waals surface area contributed by atoms with Gasteiger partial charge < -0.3 is 5.32 Å². The molecule has 0 saturated carbocycles. The second-order valence-corrected chi connectivity index (χ2v) is 6.11. The number of hydrogen-bond donors (Lipinski definition) is 1. The average Bonchev–Trinajstić information content (AvgIpc) is 2.55. The van der Waals surface area contributed by atoms with Crippen molar-refractivity contribution in [1.82, 2.24) is 5.32 Å². The molecule has 0 aliphatic rings. The van der Waals surface area contributed by atoms with Crippen molar-refractivity contribution in [3.05, 3.63) is 70.0 Å². The summed E-state index contributed by atoms with van der Waals surface area (Å²) in [5.74, 6) is -1.37. The van der Waals surface area contributed by atoms with E-state index < -0.39 is 33.1 Å². The first-order valence-electron chi connectivity index (χ1n) is 6.64. The number of hydrogen-bond acceptors (Lipinski definition) is 4. The predicted octanol–water partition coefficient (Wildman–Crippen LogP) is 2.27. The number of amides is 1. The molecule has 23 heavy (non-hydrogen) atoms. The molecule has 120 valence electrons. The lowest BCUT2D eigenvalue weighted by Crippen LogP contribution is -2.28. The molecule has 0 fully saturated rings. The Labute approximate surface area is 133 Å². The molecule has 0 aliphatic heterocycles. The van der Waals surface area contributed by atoms with E-state index in [9.17, 15) is 23.5 Å². The van der Waals surface area contributed by atoms with E-state index in [2.05, 4.69) is 5.32 Å². The number of carbonyl (C=O) groups is 1. The van der Waals surface area contributed by atoms with Gasteiger partial charge in [-0.3, -0.25) is 19.1 Å². The van der Waals surface area contributed by atoms with Gasteiger partial charge in [0.15, 0.2) is 0 Å². The van der Waals surface area contributed by atoms with Crippen LogP contribution in [0.15, 0.2) is 53.4 Å². The Morgan fingerprint density at radius 1 is 1.22 bits per heavy atom. The lowest BCUT2D eigenvalue weighted by molar-refractivity contribution is -0.385. The standard InChI is InChI=1S/C15H13FN2O4S/c16-11-6-7-14(18(20)21)13(10-11)15(19)17-8-9-23(22)12-4-2-1-3-5-12/h1-7,10H,8-9H2,(H,17,19)/t23-/m0/s1. The smallest absolute Gasteiger partial charge is 0.282 e. The highest BCUT2D eigenvalue weighted by atomic mass is 32.2. The summed E-state index contributed by atoms with van der Waals surface area (Å²) in [4.78, 5) is 22.7. The normalized spacial score (nSPS) is 11.7. The molecule has 0 aliphatic carbocycles. The van der Waals surface area contributed by atoms with E-state index in [0.29, 0.717) is 4.90 Å². The number of nitrogens with zero attached hydrogens (tertiary/aromatic N) is 1. The van der Waals surface area contributed by atoms with Crippen LogP contribution in [0.5, 0.6) is 0 Å². The summed E-state index contributed by atoms with van der Waals surface area (Å²) < 4.78 is 25.2. The Hall–Kier alpha value is -2.61. The zero-order valence-corrected chi connectivity index (χ0v) is 12.7. The molecule has 1 atom stereocenters. The van der Waals surface area contributed by atoms with Gasteiger partial charge in [0.05, 0.1) is 15.7 Å². The first-order chi connectivity index (χ1) is 11.0. The minimum Gasteiger partial charge on any atom is -0.351 e. The Bertz CT molecular complexity index is 752. The maximum absolute atomic E-state index is 13.2. The van der Waals surface area contributed by atoms with Gasteiger partial charge in [-0.15, -0.1) is 0 Å². The average molecular weight is 336 g/mol. The van der Waals surface area contributed by atoms with Gasteiger partial charge in [-0.1, -0.05) is 18.2 Å². The lowest BCUT2D eigenvalue weighted by Gasteiger charge is -2.06. The van der Waals surface area contributed by atoms with Crippen LogP contribution in [0.3, 0.4) is 0 Å². The molecule has 2 aromatic rings. The summed E-state index contributed by atoms with van der Waals surface area (Å²) in [5.41, 5.74) is -0.839. The molecule has 0 bridgehead atoms. The number of nitro benzene ring substituents is 1. The van der Waals surface area contributed by atoms with Gasteiger partial charge in [-0.05, 0) is 24.3 Å². The monoisotopic (exact) mass is 336 g/mol. The third-order valence-corrected chi connectivity index (χ3v) is 4.35. The van der Waals surface area contributed by atoms with Crippen LogP contribution in [-0.4, -0.2) is 27.3 Å². The maximum Gasteiger partial charge on any atom is 0.282 e. The molecular formula is C15H13FN2O4S. The van der Waals surface area contributed by atoms with E-state index in [4.69, 9.17) is 0 Å². The predicted molar refractivity (Wildman–Crippen MR) is 83.1 cm³/mol. The Morgan fingerprint density at radius 2 is 1.91 bits per heavy atom. The summed E-state index contributed by atoms with van der Waals surface area (Å²) in [5, 5.41) is 13.3. The van der Waals surface area contributed by atoms with Crippen molar-refractivity contribution in [2.24, 2.45) is 0 Å². The van der Waals surface area contributed by atoms with E-state index in [1.807, 2.05) is 0 Å². The van der Waals surface area contributed by atoms with Crippen LogP contribution in [-0.2, 0) is 10.8 Å². The van der Waals surface area contributed by atoms with Crippen LogP contribution < -0.4 is 5.32 Å². The number of rotatable bonds is 6. The third kappa shape index (κ3) is 4.43. The van der Waals surface area contributed by atoms with E-state index >= 15 is 0 Å². The summed E-state index contributed by atoms with van der Waals surface area (Å²) >= 11 is 0. The fraction of sp³-hybridized carbons (Fsp3) is 0.133. The highest BCUT2D eigenvalue weighted by Gasteiger charge is 2.20. The van der Waals surface area contributed by atoms with Crippen LogP contribution >= 0.6 is 0 Å². The zero-order valence-electron chi connectivity index (χ0n) is 11.9. The molecule has 0 saturated heterocycles. The highest BCUT2D eigenvalue weighted by Crippen LogP contribution is 2.19. The largest absolute Gasteiger partial charge is 0.351 e. The molecular weight excluding hydrogens is 323 g/mol. The molecule has 2 rings (SSSR count). The molecule has 0 radical (unpaired) electrons. The van der Waals surface area contributed by atoms with E-state index in [0.717, 1.165) is 18.2 Å². The second-order valence-electron chi connectivity index (χ2n) is 4.54. The summed E-state index contributed by atoms with van der Waals surface area (Å²) in [6.45, 7) is 0.0496. The van der Waals surface area contributed by atoms with Crippen LogP contribution in [0.25, 0.3) is 0 Å². The molecule has 8 heteroatoms. The van der Waals surface area contributed by atoms with Crippen molar-refractivity contribution in [3.63, 3.8) is 0 Å². The van der Waals surface area contributed by atoms with Crippen molar-refractivity contribution < 1.29 is 18.3 Å². The first-order valence-corrected chi connectivity index (χ1v) is 7.96. The Balaban J connectivity index is 1.99. The Kier molecular flexibility index (Phi) is 5.53. The highest BCUT2D eigenvalue weighted by molar-refractivity contribution is 7.85. The van der Waals surface area contributed by atoms with Gasteiger partial charge in [0.1, 0.15) is 11.4 Å². The Morgan fingerprint density at radius 3 is 2.57 bits per heavy atom. The van der Waals surface area contributed by atoms with Crippen molar-refractivity contribution in [2.45, 2.75) is 4.90 Å². The van der Waals surface area contributed by atoms with Gasteiger partial charge in [0.25, 0.3) is 11.6 Å². The summed E-state index contributed by atoms with van der Waals surface area (Å²) in [7, 11) is -1.30. The number of halogens is 1. The third-order valence-electron chi connectivity index (χ3n) is 2.98. The molecule has 6 nitrogen and oxygen atoms in total. The van der Waals surface area contributed by atoms with E-state index in [1.54, 1.807) is 30.3 Å². The fourth-order valence-electron chi connectivity index (χ4n) is 1.89. The van der Waals surface area contributed by atoms with Crippen LogP contribution in [0, 0.1) is 15.9 Å². The summed E-state index contributed by atoms with van der Waals surface area (Å²) in [6.07, 6.45) is 0. The van der Waals surface area contributed by atoms with Crippen LogP contribution in [0.1, 0.15) is 10.4 Å². The molecule has 1 N–H and O–H groups in total. The van der Waals surface area contributed by atoms with E-state index in [-0.39, 0.29) is 17.9 Å². The van der Waals surface area contributed by atoms with Gasteiger partial charge in [0.2, 0.25) is 0 Å². The second kappa shape index (κ2) is 7.59. The van der Waals surface area contributed by atoms with E-state index in [1.165, 1.54) is 0 Å².